The third kappa shape index (κ3) is 2.83. The molecule has 1 rings (SSSR count). The molecule has 1 saturated carbocycles. The molecule has 0 aromatic heterocycles. The summed E-state index contributed by atoms with van der Waals surface area (Å²) < 4.78 is 0. The molecule has 0 N–H and O–H groups in total. The van der Waals surface area contributed by atoms with Crippen LogP contribution in [0.2, 0.25) is 0 Å². The van der Waals surface area contributed by atoms with Crippen molar-refractivity contribution in [2.24, 2.45) is 29.1 Å². The van der Waals surface area contributed by atoms with Crippen molar-refractivity contribution in [2.75, 3.05) is 14.1 Å². The number of carbonyl (C=O) groups is 1. The summed E-state index contributed by atoms with van der Waals surface area (Å²) in [6.07, 6.45) is 2.33. The Labute approximate surface area is 107 Å². The van der Waals surface area contributed by atoms with Crippen molar-refractivity contribution in [3.63, 3.8) is 0 Å². The molecular formula is C15H29NO. The molecule has 3 unspecified atom stereocenters. The molecule has 17 heavy (non-hydrogen) atoms. The van der Waals surface area contributed by atoms with Crippen molar-refractivity contribution in [3.05, 3.63) is 0 Å². The summed E-state index contributed by atoms with van der Waals surface area (Å²) in [6.45, 7) is 11.4. The summed E-state index contributed by atoms with van der Waals surface area (Å²) in [5.41, 5.74) is 0.132. The quantitative estimate of drug-likeness (QED) is 0.723. The number of amides is 1. The van der Waals surface area contributed by atoms with Crippen molar-refractivity contribution in [1.29, 1.82) is 0 Å². The zero-order chi connectivity index (χ0) is 13.4. The van der Waals surface area contributed by atoms with Crippen LogP contribution in [0.1, 0.15) is 47.5 Å². The summed E-state index contributed by atoms with van der Waals surface area (Å²) in [5, 5.41) is 0. The maximum atomic E-state index is 12.4. The SMILES string of the molecule is CC(C)C1CC(C)C(C)(C)C(C(=O)N(C)C)C1. The third-order valence-electron chi connectivity index (χ3n) is 5.04. The third-order valence-corrected chi connectivity index (χ3v) is 5.04. The molecule has 2 nitrogen and oxygen atoms in total. The zero-order valence-corrected chi connectivity index (χ0v) is 12.6. The Kier molecular flexibility index (Phi) is 4.27. The zero-order valence-electron chi connectivity index (χ0n) is 12.6. The Balaban J connectivity index is 2.94. The molecule has 100 valence electrons. The van der Waals surface area contributed by atoms with Crippen molar-refractivity contribution in [1.82, 2.24) is 4.90 Å². The summed E-state index contributed by atoms with van der Waals surface area (Å²) >= 11 is 0. The largest absolute Gasteiger partial charge is 0.349 e. The fourth-order valence-corrected chi connectivity index (χ4v) is 3.08. The molecule has 0 radical (unpaired) electrons. The van der Waals surface area contributed by atoms with E-state index < -0.39 is 0 Å². The highest BCUT2D eigenvalue weighted by Gasteiger charge is 2.45. The van der Waals surface area contributed by atoms with Crippen molar-refractivity contribution >= 4 is 5.91 Å². The lowest BCUT2D eigenvalue weighted by Crippen LogP contribution is -2.47. The molecular weight excluding hydrogens is 210 g/mol. The standard InChI is InChI=1S/C15H29NO/c1-10(2)12-8-11(3)15(4,5)13(9-12)14(17)16(6)7/h10-13H,8-9H2,1-7H3. The Morgan fingerprint density at radius 1 is 1.24 bits per heavy atom. The van der Waals surface area contributed by atoms with Gasteiger partial charge in [-0.15, -0.1) is 0 Å². The van der Waals surface area contributed by atoms with E-state index in [2.05, 4.69) is 34.6 Å². The lowest BCUT2D eigenvalue weighted by Gasteiger charge is -2.47. The van der Waals surface area contributed by atoms with E-state index in [1.165, 1.54) is 6.42 Å². The highest BCUT2D eigenvalue weighted by Crippen LogP contribution is 2.49. The van der Waals surface area contributed by atoms with Gasteiger partial charge in [-0.2, -0.15) is 0 Å². The fourth-order valence-electron chi connectivity index (χ4n) is 3.08. The van der Waals surface area contributed by atoms with Crippen LogP contribution >= 0.6 is 0 Å². The second kappa shape index (κ2) is 4.99. The van der Waals surface area contributed by atoms with E-state index in [0.29, 0.717) is 23.7 Å². The number of hydrogen-bond acceptors (Lipinski definition) is 1. The average Bonchev–Trinajstić information content (AvgIpc) is 2.20. The minimum Gasteiger partial charge on any atom is -0.349 e. The van der Waals surface area contributed by atoms with Gasteiger partial charge in [-0.1, -0.05) is 34.6 Å². The van der Waals surface area contributed by atoms with Crippen LogP contribution in [0, 0.1) is 29.1 Å². The van der Waals surface area contributed by atoms with Crippen molar-refractivity contribution in [3.8, 4) is 0 Å². The van der Waals surface area contributed by atoms with Crippen LogP contribution in [-0.2, 0) is 4.79 Å². The van der Waals surface area contributed by atoms with Crippen LogP contribution in [0.15, 0.2) is 0 Å². The van der Waals surface area contributed by atoms with Crippen LogP contribution in [0.25, 0.3) is 0 Å². The molecule has 0 aromatic rings. The summed E-state index contributed by atoms with van der Waals surface area (Å²) in [7, 11) is 3.75. The number of carbonyl (C=O) groups excluding carboxylic acids is 1. The molecule has 1 aliphatic carbocycles. The molecule has 1 aliphatic rings. The Hall–Kier alpha value is -0.530. The molecule has 0 saturated heterocycles. The van der Waals surface area contributed by atoms with Gasteiger partial charge in [0, 0.05) is 20.0 Å². The van der Waals surface area contributed by atoms with E-state index in [0.717, 1.165) is 6.42 Å². The molecule has 2 heteroatoms. The van der Waals surface area contributed by atoms with E-state index in [-0.39, 0.29) is 11.3 Å². The molecule has 1 amide bonds. The smallest absolute Gasteiger partial charge is 0.225 e. The number of hydrogen-bond donors (Lipinski definition) is 0. The Morgan fingerprint density at radius 2 is 1.76 bits per heavy atom. The van der Waals surface area contributed by atoms with Gasteiger partial charge < -0.3 is 4.90 Å². The first-order valence-corrected chi connectivity index (χ1v) is 6.89. The van der Waals surface area contributed by atoms with Crippen molar-refractivity contribution < 1.29 is 4.79 Å². The molecule has 0 spiro atoms. The van der Waals surface area contributed by atoms with E-state index in [1.807, 2.05) is 14.1 Å². The maximum absolute atomic E-state index is 12.4. The van der Waals surface area contributed by atoms with E-state index in [1.54, 1.807) is 4.90 Å². The second-order valence-corrected chi connectivity index (χ2v) is 6.98. The van der Waals surface area contributed by atoms with E-state index in [4.69, 9.17) is 0 Å². The monoisotopic (exact) mass is 239 g/mol. The van der Waals surface area contributed by atoms with Gasteiger partial charge >= 0.3 is 0 Å². The van der Waals surface area contributed by atoms with Crippen LogP contribution in [0.3, 0.4) is 0 Å². The van der Waals surface area contributed by atoms with Gasteiger partial charge in [0.05, 0.1) is 0 Å². The Morgan fingerprint density at radius 3 is 2.18 bits per heavy atom. The average molecular weight is 239 g/mol. The predicted octanol–water partition coefficient (Wildman–Crippen LogP) is 3.42. The molecule has 0 aromatic carbocycles. The Bertz CT molecular complexity index is 281. The summed E-state index contributed by atoms with van der Waals surface area (Å²) in [6, 6.07) is 0. The summed E-state index contributed by atoms with van der Waals surface area (Å²) in [4.78, 5) is 14.1. The van der Waals surface area contributed by atoms with Gasteiger partial charge in [-0.3, -0.25) is 4.79 Å². The van der Waals surface area contributed by atoms with Crippen LogP contribution in [0.5, 0.6) is 0 Å². The van der Waals surface area contributed by atoms with Gasteiger partial charge in [0.25, 0.3) is 0 Å². The topological polar surface area (TPSA) is 20.3 Å². The first-order chi connectivity index (χ1) is 7.67. The normalized spacial score (nSPS) is 32.6. The molecule has 3 atom stereocenters. The maximum Gasteiger partial charge on any atom is 0.225 e. The van der Waals surface area contributed by atoms with Gasteiger partial charge in [0.1, 0.15) is 0 Å². The van der Waals surface area contributed by atoms with Crippen LogP contribution < -0.4 is 0 Å². The van der Waals surface area contributed by atoms with Crippen LogP contribution in [0.4, 0.5) is 0 Å². The van der Waals surface area contributed by atoms with Gasteiger partial charge in [0.15, 0.2) is 0 Å². The lowest BCUT2D eigenvalue weighted by molar-refractivity contribution is -0.142. The first-order valence-electron chi connectivity index (χ1n) is 6.89. The lowest BCUT2D eigenvalue weighted by atomic mass is 9.58. The highest BCUT2D eigenvalue weighted by atomic mass is 16.2. The first kappa shape index (κ1) is 14.5. The highest BCUT2D eigenvalue weighted by molar-refractivity contribution is 5.79. The number of rotatable bonds is 2. The van der Waals surface area contributed by atoms with Gasteiger partial charge in [-0.25, -0.2) is 0 Å². The van der Waals surface area contributed by atoms with Gasteiger partial charge in [0.2, 0.25) is 5.91 Å². The number of nitrogens with zero attached hydrogens (tertiary/aromatic N) is 1. The minimum absolute atomic E-state index is 0.132. The van der Waals surface area contributed by atoms with Crippen molar-refractivity contribution in [2.45, 2.75) is 47.5 Å². The van der Waals surface area contributed by atoms with E-state index >= 15 is 0 Å². The molecule has 0 heterocycles. The fraction of sp³-hybridized carbons (Fsp3) is 0.933. The predicted molar refractivity (Wildman–Crippen MR) is 72.7 cm³/mol. The molecule has 0 aliphatic heterocycles. The van der Waals surface area contributed by atoms with E-state index in [9.17, 15) is 4.79 Å². The minimum atomic E-state index is 0.132. The second-order valence-electron chi connectivity index (χ2n) is 6.98. The van der Waals surface area contributed by atoms with Crippen LogP contribution in [-0.4, -0.2) is 24.9 Å². The molecule has 1 fully saturated rings. The van der Waals surface area contributed by atoms with Gasteiger partial charge in [-0.05, 0) is 36.0 Å². The molecule has 0 bridgehead atoms. The summed E-state index contributed by atoms with van der Waals surface area (Å²) in [5.74, 6) is 2.51.